The second-order valence-corrected chi connectivity index (χ2v) is 5.82. The summed E-state index contributed by atoms with van der Waals surface area (Å²) in [6, 6.07) is 14.8. The van der Waals surface area contributed by atoms with Crippen molar-refractivity contribution in [3.63, 3.8) is 0 Å². The maximum Gasteiger partial charge on any atom is 0.186 e. The van der Waals surface area contributed by atoms with Gasteiger partial charge in [-0.15, -0.1) is 0 Å². The molecule has 0 amide bonds. The topological polar surface area (TPSA) is 96.4 Å². The van der Waals surface area contributed by atoms with E-state index in [0.717, 1.165) is 0 Å². The van der Waals surface area contributed by atoms with Crippen LogP contribution in [0.15, 0.2) is 65.1 Å². The highest BCUT2D eigenvalue weighted by Gasteiger charge is 2.14. The lowest BCUT2D eigenvalue weighted by Crippen LogP contribution is -2.99. The van der Waals surface area contributed by atoms with Gasteiger partial charge in [-0.3, -0.25) is 4.79 Å². The molecule has 0 radical (unpaired) electrons. The molecular weight excluding hydrogens is 362 g/mol. The maximum atomic E-state index is 12.4. The molecule has 28 heavy (non-hydrogen) atoms. The van der Waals surface area contributed by atoms with Crippen LogP contribution in [0.3, 0.4) is 0 Å². The third kappa shape index (κ3) is 4.12. The molecule has 0 bridgehead atoms. The second kappa shape index (κ2) is 8.53. The van der Waals surface area contributed by atoms with Gasteiger partial charge in [0, 0.05) is 11.6 Å². The lowest BCUT2D eigenvalue weighted by atomic mass is 10.1. The zero-order chi connectivity index (χ0) is 20.1. The molecule has 0 aliphatic rings. The van der Waals surface area contributed by atoms with Crippen molar-refractivity contribution in [2.45, 2.75) is 0 Å². The van der Waals surface area contributed by atoms with Crippen LogP contribution in [-0.4, -0.2) is 25.2 Å². The van der Waals surface area contributed by atoms with E-state index in [2.05, 4.69) is 0 Å². The molecule has 0 aliphatic heterocycles. The number of carbonyl (C=O) groups excluding carboxylic acids is 1. The summed E-state index contributed by atoms with van der Waals surface area (Å²) in [5, 5.41) is 19.6. The van der Waals surface area contributed by atoms with Gasteiger partial charge in [-0.2, -0.15) is 5.23 Å². The Hall–Kier alpha value is -3.39. The highest BCUT2D eigenvalue weighted by atomic mass is 16.8. The number of furan rings is 1. The molecule has 3 rings (SSSR count). The van der Waals surface area contributed by atoms with Crippen LogP contribution in [0.5, 0.6) is 11.5 Å². The summed E-state index contributed by atoms with van der Waals surface area (Å²) >= 11 is 0. The van der Waals surface area contributed by atoms with Crippen molar-refractivity contribution < 1.29 is 29.1 Å². The summed E-state index contributed by atoms with van der Waals surface area (Å²) in [5.41, 5.74) is 1.06. The number of ether oxygens (including phenoxy) is 2. The predicted molar refractivity (Wildman–Crippen MR) is 103 cm³/mol. The van der Waals surface area contributed by atoms with E-state index in [1.807, 2.05) is 0 Å². The number of quaternary nitrogens is 1. The van der Waals surface area contributed by atoms with Crippen molar-refractivity contribution in [1.82, 2.24) is 0 Å². The van der Waals surface area contributed by atoms with Crippen molar-refractivity contribution in [2.24, 2.45) is 0 Å². The lowest BCUT2D eigenvalue weighted by Gasteiger charge is -2.14. The Morgan fingerprint density at radius 3 is 2.54 bits per heavy atom. The summed E-state index contributed by atoms with van der Waals surface area (Å²) < 4.78 is 16.0. The van der Waals surface area contributed by atoms with Gasteiger partial charge in [0.2, 0.25) is 0 Å². The van der Waals surface area contributed by atoms with Gasteiger partial charge >= 0.3 is 0 Å². The fourth-order valence-corrected chi connectivity index (χ4v) is 2.72. The molecule has 7 nitrogen and oxygen atoms in total. The van der Waals surface area contributed by atoms with Gasteiger partial charge in [0.05, 0.1) is 19.8 Å². The molecule has 2 aromatic carbocycles. The predicted octanol–water partition coefficient (Wildman–Crippen LogP) is 3.26. The van der Waals surface area contributed by atoms with E-state index < -0.39 is 5.23 Å². The van der Waals surface area contributed by atoms with Crippen LogP contribution in [0.25, 0.3) is 17.4 Å². The summed E-state index contributed by atoms with van der Waals surface area (Å²) in [4.78, 5) is 12.4. The van der Waals surface area contributed by atoms with E-state index in [9.17, 15) is 15.2 Å². The molecule has 0 aliphatic carbocycles. The largest absolute Gasteiger partial charge is 0.595 e. The van der Waals surface area contributed by atoms with Crippen LogP contribution >= 0.6 is 0 Å². The minimum Gasteiger partial charge on any atom is -0.595 e. The highest BCUT2D eigenvalue weighted by molar-refractivity contribution is 6.07. The summed E-state index contributed by atoms with van der Waals surface area (Å²) in [6.07, 6.45) is 2.92. The molecule has 144 valence electrons. The maximum absolute atomic E-state index is 12.4. The Morgan fingerprint density at radius 1 is 1.07 bits per heavy atom. The zero-order valence-electron chi connectivity index (χ0n) is 15.3. The van der Waals surface area contributed by atoms with Crippen molar-refractivity contribution >= 4 is 17.5 Å². The first kappa shape index (κ1) is 19.4. The minimum atomic E-state index is -1.03. The van der Waals surface area contributed by atoms with Gasteiger partial charge in [0.15, 0.2) is 23.0 Å². The standard InChI is InChI=1S/C21H19NO6/c1-26-20-11-7-14(13-21(20)27-2)18(23)10-8-15-9-12-19(28-15)16-5-3-4-6-17(16)22(24)25/h3-13,22,24H,1-2H3. The summed E-state index contributed by atoms with van der Waals surface area (Å²) in [5.74, 6) is 1.62. The lowest BCUT2D eigenvalue weighted by molar-refractivity contribution is -0.991. The van der Waals surface area contributed by atoms with E-state index in [-0.39, 0.29) is 11.5 Å². The van der Waals surface area contributed by atoms with Crippen molar-refractivity contribution in [2.75, 3.05) is 14.2 Å². The molecule has 1 aromatic heterocycles. The van der Waals surface area contributed by atoms with Gasteiger partial charge < -0.3 is 19.1 Å². The third-order valence-corrected chi connectivity index (χ3v) is 4.12. The fraction of sp³-hybridized carbons (Fsp3) is 0.0952. The molecule has 0 saturated heterocycles. The van der Waals surface area contributed by atoms with Crippen LogP contribution in [0, 0.1) is 5.21 Å². The number of ketones is 1. The molecule has 0 fully saturated rings. The normalized spacial score (nSPS) is 12.1. The second-order valence-electron chi connectivity index (χ2n) is 5.82. The number of nitrogens with one attached hydrogen (secondary N) is 1. The molecule has 1 atom stereocenters. The number of hydrogen-bond acceptors (Lipinski definition) is 6. The molecule has 1 unspecified atom stereocenters. The van der Waals surface area contributed by atoms with Gasteiger partial charge in [-0.05, 0) is 48.6 Å². The Kier molecular flexibility index (Phi) is 5.90. The molecule has 0 saturated carbocycles. The van der Waals surface area contributed by atoms with Crippen molar-refractivity contribution in [1.29, 1.82) is 0 Å². The van der Waals surface area contributed by atoms with Crippen LogP contribution in [0.2, 0.25) is 0 Å². The van der Waals surface area contributed by atoms with E-state index in [0.29, 0.717) is 34.1 Å². The molecule has 0 spiro atoms. The van der Waals surface area contributed by atoms with Gasteiger partial charge in [0.25, 0.3) is 0 Å². The van der Waals surface area contributed by atoms with E-state index in [4.69, 9.17) is 13.9 Å². The average molecular weight is 381 g/mol. The highest BCUT2D eigenvalue weighted by Crippen LogP contribution is 2.29. The number of methoxy groups -OCH3 is 2. The van der Waals surface area contributed by atoms with Gasteiger partial charge in [0.1, 0.15) is 11.5 Å². The Morgan fingerprint density at radius 2 is 1.82 bits per heavy atom. The van der Waals surface area contributed by atoms with Gasteiger partial charge in [-0.25, -0.2) is 5.21 Å². The smallest absolute Gasteiger partial charge is 0.186 e. The van der Waals surface area contributed by atoms with Gasteiger partial charge in [-0.1, -0.05) is 12.1 Å². The molecule has 2 N–H and O–H groups in total. The fourth-order valence-electron chi connectivity index (χ4n) is 2.72. The number of allylic oxidation sites excluding steroid dienone is 1. The van der Waals surface area contributed by atoms with Crippen LogP contribution in [-0.2, 0) is 0 Å². The number of para-hydroxylation sites is 1. The molecule has 1 heterocycles. The number of benzene rings is 2. The van der Waals surface area contributed by atoms with E-state index in [1.165, 1.54) is 32.4 Å². The van der Waals surface area contributed by atoms with Crippen molar-refractivity contribution in [3.8, 4) is 22.8 Å². The number of carbonyl (C=O) groups is 1. The van der Waals surface area contributed by atoms with E-state index in [1.54, 1.807) is 48.5 Å². The van der Waals surface area contributed by atoms with Crippen LogP contribution < -0.4 is 14.7 Å². The number of rotatable bonds is 7. The quantitative estimate of drug-likeness (QED) is 0.370. The molecule has 3 aromatic rings. The Labute approximate surface area is 161 Å². The van der Waals surface area contributed by atoms with E-state index >= 15 is 0 Å². The Bertz CT molecular complexity index is 1010. The number of hydrogen-bond donors (Lipinski definition) is 2. The third-order valence-electron chi connectivity index (χ3n) is 4.12. The van der Waals surface area contributed by atoms with Crippen molar-refractivity contribution in [3.05, 3.63) is 77.2 Å². The van der Waals surface area contributed by atoms with Crippen LogP contribution in [0.4, 0.5) is 5.69 Å². The summed E-state index contributed by atoms with van der Waals surface area (Å²) in [6.45, 7) is 0. The first-order valence-corrected chi connectivity index (χ1v) is 8.40. The summed E-state index contributed by atoms with van der Waals surface area (Å²) in [7, 11) is 3.03. The first-order valence-electron chi connectivity index (χ1n) is 8.40. The zero-order valence-corrected chi connectivity index (χ0v) is 15.3. The molecule has 7 heteroatoms. The monoisotopic (exact) mass is 381 g/mol. The average Bonchev–Trinajstić information content (AvgIpc) is 3.20. The minimum absolute atomic E-state index is 0.147. The Balaban J connectivity index is 1.80. The SMILES string of the molecule is COc1ccc(C(=O)C=Cc2ccc(-c3ccccc3[NH+]([O-])O)o2)cc1OC. The van der Waals surface area contributed by atoms with Crippen LogP contribution in [0.1, 0.15) is 16.1 Å². The molecular formula is C21H19NO6. The first-order chi connectivity index (χ1) is 13.5.